The molecule has 128 valence electrons. The van der Waals surface area contributed by atoms with E-state index in [0.717, 1.165) is 30.5 Å². The Morgan fingerprint density at radius 3 is 2.76 bits per heavy atom. The van der Waals surface area contributed by atoms with Gasteiger partial charge in [-0.25, -0.2) is 4.68 Å². The first-order valence-corrected chi connectivity index (χ1v) is 8.57. The fraction of sp³-hybridized carbons (Fsp3) is 0.316. The Balaban J connectivity index is 1.65. The molecule has 2 aromatic heterocycles. The van der Waals surface area contributed by atoms with Crippen molar-refractivity contribution in [1.29, 1.82) is 0 Å². The lowest BCUT2D eigenvalue weighted by atomic mass is 9.92. The molecule has 2 N–H and O–H groups in total. The zero-order chi connectivity index (χ0) is 17.4. The van der Waals surface area contributed by atoms with E-state index in [1.807, 2.05) is 10.9 Å². The van der Waals surface area contributed by atoms with Gasteiger partial charge in [0.1, 0.15) is 0 Å². The molecule has 6 nitrogen and oxygen atoms in total. The summed E-state index contributed by atoms with van der Waals surface area (Å²) in [5.41, 5.74) is 6.38. The van der Waals surface area contributed by atoms with Crippen molar-refractivity contribution in [2.24, 2.45) is 0 Å². The third kappa shape index (κ3) is 2.95. The molecule has 4 rings (SSSR count). The van der Waals surface area contributed by atoms with E-state index in [4.69, 9.17) is 0 Å². The summed E-state index contributed by atoms with van der Waals surface area (Å²) in [4.78, 5) is 12.4. The highest BCUT2D eigenvalue weighted by Crippen LogP contribution is 2.31. The molecular formula is C19H21N5O. The van der Waals surface area contributed by atoms with Gasteiger partial charge in [0.2, 0.25) is 0 Å². The molecule has 0 bridgehead atoms. The van der Waals surface area contributed by atoms with Crippen molar-refractivity contribution in [3.05, 3.63) is 64.7 Å². The summed E-state index contributed by atoms with van der Waals surface area (Å²) in [6.07, 6.45) is 7.97. The minimum Gasteiger partial charge on any atom is -0.345 e. The first kappa shape index (κ1) is 15.6. The van der Waals surface area contributed by atoms with E-state index >= 15 is 0 Å². The molecule has 25 heavy (non-hydrogen) atoms. The molecule has 1 amide bonds. The van der Waals surface area contributed by atoms with Crippen LogP contribution >= 0.6 is 0 Å². The molecule has 0 fully saturated rings. The van der Waals surface area contributed by atoms with Gasteiger partial charge in [-0.1, -0.05) is 6.07 Å². The van der Waals surface area contributed by atoms with Crippen molar-refractivity contribution in [2.75, 3.05) is 0 Å². The number of hydrogen-bond acceptors (Lipinski definition) is 3. The number of amides is 1. The summed E-state index contributed by atoms with van der Waals surface area (Å²) in [6, 6.07) is 6.45. The molecule has 1 aromatic carbocycles. The second-order valence-corrected chi connectivity index (χ2v) is 6.71. The van der Waals surface area contributed by atoms with Gasteiger partial charge in [0.25, 0.3) is 5.91 Å². The fourth-order valence-electron chi connectivity index (χ4n) is 3.62. The lowest BCUT2D eigenvalue weighted by Gasteiger charge is -2.24. The van der Waals surface area contributed by atoms with Crippen LogP contribution in [0.25, 0.3) is 5.69 Å². The predicted octanol–water partition coefficient (Wildman–Crippen LogP) is 3.02. The Labute approximate surface area is 146 Å². The van der Waals surface area contributed by atoms with Crippen LogP contribution < -0.4 is 5.32 Å². The first-order chi connectivity index (χ1) is 12.1. The molecule has 6 heteroatoms. The van der Waals surface area contributed by atoms with Crippen LogP contribution in [0, 0.1) is 13.8 Å². The predicted molar refractivity (Wildman–Crippen MR) is 94.8 cm³/mol. The molecule has 1 aliphatic rings. The highest BCUT2D eigenvalue weighted by Gasteiger charge is 2.26. The summed E-state index contributed by atoms with van der Waals surface area (Å²) in [6.45, 7) is 4.20. The van der Waals surface area contributed by atoms with E-state index in [9.17, 15) is 4.79 Å². The number of H-pyrrole nitrogens is 1. The zero-order valence-electron chi connectivity index (χ0n) is 14.4. The van der Waals surface area contributed by atoms with E-state index in [2.05, 4.69) is 52.7 Å². The molecular weight excluding hydrogens is 314 g/mol. The fourth-order valence-corrected chi connectivity index (χ4v) is 3.62. The number of hydrogen-bond donors (Lipinski definition) is 2. The highest BCUT2D eigenvalue weighted by atomic mass is 16.1. The highest BCUT2D eigenvalue weighted by molar-refractivity contribution is 5.93. The average Bonchev–Trinajstić information content (AvgIpc) is 3.24. The summed E-state index contributed by atoms with van der Waals surface area (Å²) < 4.78 is 2.02. The summed E-state index contributed by atoms with van der Waals surface area (Å²) in [5.74, 6) is -0.106. The van der Waals surface area contributed by atoms with Gasteiger partial charge in [-0.05, 0) is 56.4 Å². The Bertz CT molecular complexity index is 890. The molecule has 2 heterocycles. The number of aromatic amines is 1. The lowest BCUT2D eigenvalue weighted by molar-refractivity contribution is 0.0933. The monoisotopic (exact) mass is 335 g/mol. The van der Waals surface area contributed by atoms with Gasteiger partial charge >= 0.3 is 0 Å². The smallest absolute Gasteiger partial charge is 0.254 e. The topological polar surface area (TPSA) is 75.6 Å². The average molecular weight is 335 g/mol. The third-order valence-corrected chi connectivity index (χ3v) is 4.70. The van der Waals surface area contributed by atoms with Crippen molar-refractivity contribution in [3.63, 3.8) is 0 Å². The zero-order valence-corrected chi connectivity index (χ0v) is 14.4. The molecule has 0 saturated heterocycles. The minimum absolute atomic E-state index is 0.00851. The van der Waals surface area contributed by atoms with Crippen LogP contribution in [0.2, 0.25) is 0 Å². The van der Waals surface area contributed by atoms with Crippen molar-refractivity contribution in [2.45, 2.75) is 39.2 Å². The van der Waals surface area contributed by atoms with Crippen molar-refractivity contribution >= 4 is 5.91 Å². The van der Waals surface area contributed by atoms with Gasteiger partial charge in [-0.2, -0.15) is 10.2 Å². The van der Waals surface area contributed by atoms with Crippen LogP contribution in [-0.2, 0) is 6.42 Å². The van der Waals surface area contributed by atoms with Crippen molar-refractivity contribution < 1.29 is 4.79 Å². The van der Waals surface area contributed by atoms with Crippen LogP contribution in [0.1, 0.15) is 51.6 Å². The standard InChI is InChI=1S/C19H21N5O/c1-12-6-13(2)8-15(7-12)24-18-5-3-4-17(16(18)11-22-24)23-19(25)14-9-20-21-10-14/h6-11,17H,3-5H2,1-2H3,(H,20,21)(H,23,25). The normalized spacial score (nSPS) is 16.5. The van der Waals surface area contributed by atoms with Gasteiger partial charge in [0.15, 0.2) is 0 Å². The van der Waals surface area contributed by atoms with Crippen molar-refractivity contribution in [1.82, 2.24) is 25.3 Å². The molecule has 1 aliphatic carbocycles. The van der Waals surface area contributed by atoms with Crippen LogP contribution in [0.3, 0.4) is 0 Å². The first-order valence-electron chi connectivity index (χ1n) is 8.57. The second kappa shape index (κ2) is 6.20. The number of rotatable bonds is 3. The Morgan fingerprint density at radius 2 is 2.04 bits per heavy atom. The Hall–Kier alpha value is -2.89. The van der Waals surface area contributed by atoms with Crippen LogP contribution in [0.15, 0.2) is 36.8 Å². The van der Waals surface area contributed by atoms with Crippen molar-refractivity contribution in [3.8, 4) is 5.69 Å². The quantitative estimate of drug-likeness (QED) is 0.772. The van der Waals surface area contributed by atoms with E-state index < -0.39 is 0 Å². The van der Waals surface area contributed by atoms with Crippen LogP contribution in [0.5, 0.6) is 0 Å². The number of aromatic nitrogens is 4. The maximum Gasteiger partial charge on any atom is 0.254 e. The van der Waals surface area contributed by atoms with E-state index in [0.29, 0.717) is 5.56 Å². The number of benzene rings is 1. The number of nitrogens with one attached hydrogen (secondary N) is 2. The molecule has 3 aromatic rings. The SMILES string of the molecule is Cc1cc(C)cc(-n2ncc3c2CCCC3NC(=O)c2cn[nH]c2)c1. The largest absolute Gasteiger partial charge is 0.345 e. The molecule has 0 radical (unpaired) electrons. The molecule has 0 spiro atoms. The summed E-state index contributed by atoms with van der Waals surface area (Å²) >= 11 is 0. The maximum absolute atomic E-state index is 12.4. The van der Waals surface area contributed by atoms with Crippen LogP contribution in [0.4, 0.5) is 0 Å². The van der Waals surface area contributed by atoms with E-state index in [-0.39, 0.29) is 11.9 Å². The second-order valence-electron chi connectivity index (χ2n) is 6.71. The number of nitrogens with zero attached hydrogens (tertiary/aromatic N) is 3. The number of fused-ring (bicyclic) bond motifs is 1. The van der Waals surface area contributed by atoms with Crippen LogP contribution in [-0.4, -0.2) is 25.9 Å². The number of carbonyl (C=O) groups is 1. The number of carbonyl (C=O) groups excluding carboxylic acids is 1. The van der Waals surface area contributed by atoms with Gasteiger partial charge in [0.05, 0.1) is 29.7 Å². The molecule has 1 unspecified atom stereocenters. The molecule has 0 saturated carbocycles. The van der Waals surface area contributed by atoms with Gasteiger partial charge in [-0.15, -0.1) is 0 Å². The van der Waals surface area contributed by atoms with Gasteiger partial charge < -0.3 is 5.32 Å². The third-order valence-electron chi connectivity index (χ3n) is 4.70. The van der Waals surface area contributed by atoms with E-state index in [1.54, 1.807) is 6.20 Å². The van der Waals surface area contributed by atoms with Gasteiger partial charge in [0, 0.05) is 17.5 Å². The molecule has 0 aliphatic heterocycles. The Kier molecular flexibility index (Phi) is 3.87. The lowest BCUT2D eigenvalue weighted by Crippen LogP contribution is -2.30. The minimum atomic E-state index is -0.106. The summed E-state index contributed by atoms with van der Waals surface area (Å²) in [7, 11) is 0. The number of aryl methyl sites for hydroxylation is 2. The van der Waals surface area contributed by atoms with Gasteiger partial charge in [-0.3, -0.25) is 9.89 Å². The Morgan fingerprint density at radius 1 is 1.24 bits per heavy atom. The summed E-state index contributed by atoms with van der Waals surface area (Å²) in [5, 5.41) is 14.2. The maximum atomic E-state index is 12.4. The van der Waals surface area contributed by atoms with E-state index in [1.165, 1.54) is 23.0 Å². The molecule has 1 atom stereocenters.